The molecule has 0 bridgehead atoms. The topological polar surface area (TPSA) is 83.1 Å². The highest BCUT2D eigenvalue weighted by Gasteiger charge is 2.42. The summed E-state index contributed by atoms with van der Waals surface area (Å²) >= 11 is 4.82. The molecule has 26 heavy (non-hydrogen) atoms. The summed E-state index contributed by atoms with van der Waals surface area (Å²) in [4.78, 5) is 27.2. The molecule has 2 amide bonds. The lowest BCUT2D eigenvalue weighted by Gasteiger charge is -2.25. The molecule has 0 radical (unpaired) electrons. The number of nitrogens with zero attached hydrogens (tertiary/aromatic N) is 2. The van der Waals surface area contributed by atoms with Crippen molar-refractivity contribution >= 4 is 41.3 Å². The molecule has 0 saturated carbocycles. The molecule has 1 unspecified atom stereocenters. The van der Waals surface area contributed by atoms with Crippen LogP contribution in [-0.2, 0) is 9.47 Å². The average Bonchev–Trinajstić information content (AvgIpc) is 3.21. The van der Waals surface area contributed by atoms with E-state index in [0.717, 1.165) is 5.69 Å². The summed E-state index contributed by atoms with van der Waals surface area (Å²) in [6, 6.07) is 6.84. The number of thiocarbonyl (C=S) groups is 1. The van der Waals surface area contributed by atoms with Gasteiger partial charge in [0, 0.05) is 24.5 Å². The Kier molecular flexibility index (Phi) is 5.69. The van der Waals surface area contributed by atoms with Crippen LogP contribution in [0.2, 0.25) is 0 Å². The van der Waals surface area contributed by atoms with Gasteiger partial charge in [0.2, 0.25) is 0 Å². The van der Waals surface area contributed by atoms with Gasteiger partial charge in [0.05, 0.1) is 12.0 Å². The van der Waals surface area contributed by atoms with Crippen molar-refractivity contribution in [2.75, 3.05) is 36.0 Å². The molecule has 1 aromatic rings. The molecule has 8 nitrogen and oxygen atoms in total. The molecule has 0 aliphatic carbocycles. The van der Waals surface area contributed by atoms with Crippen molar-refractivity contribution in [2.24, 2.45) is 0 Å². The zero-order chi connectivity index (χ0) is 18.5. The minimum Gasteiger partial charge on any atom is -0.447 e. The summed E-state index contributed by atoms with van der Waals surface area (Å²) in [7, 11) is 0. The van der Waals surface area contributed by atoms with Crippen LogP contribution >= 0.6 is 12.2 Å². The monoisotopic (exact) mass is 376 g/mol. The summed E-state index contributed by atoms with van der Waals surface area (Å²) in [6.07, 6.45) is 0.395. The number of anilines is 2. The summed E-state index contributed by atoms with van der Waals surface area (Å²) in [5.74, 6) is 0. The van der Waals surface area contributed by atoms with Crippen LogP contribution in [-0.4, -0.2) is 56.2 Å². The Labute approximate surface area is 156 Å². The maximum Gasteiger partial charge on any atom is 0.416 e. The minimum atomic E-state index is -0.490. The van der Waals surface area contributed by atoms with E-state index in [1.54, 1.807) is 40.1 Å². The predicted molar refractivity (Wildman–Crippen MR) is 102 cm³/mol. The average molecular weight is 376 g/mol. The van der Waals surface area contributed by atoms with Gasteiger partial charge in [0.25, 0.3) is 0 Å². The maximum atomic E-state index is 12.4. The molecule has 0 aromatic heterocycles. The zero-order valence-corrected chi connectivity index (χ0v) is 14.9. The number of amides is 2. The lowest BCUT2D eigenvalue weighted by Crippen LogP contribution is -2.49. The van der Waals surface area contributed by atoms with Crippen LogP contribution in [0.5, 0.6) is 0 Å². The number of benzene rings is 1. The largest absolute Gasteiger partial charge is 0.447 e. The standard InChI is InChI=1S/C17H20N4O4S/c1-2-7-19-15-14(10-18-11-26)21(17(23)25-15)13-5-3-12(4-6-13)20-8-9-24-16(20)22/h2-6,11,14-15,19H,1,7-10H2,(H,18,26)/t14?,15-/m0/s1. The first-order chi connectivity index (χ1) is 12.7. The highest BCUT2D eigenvalue weighted by atomic mass is 32.1. The van der Waals surface area contributed by atoms with E-state index in [9.17, 15) is 9.59 Å². The van der Waals surface area contributed by atoms with Gasteiger partial charge in [-0.2, -0.15) is 0 Å². The lowest BCUT2D eigenvalue weighted by atomic mass is 10.2. The maximum absolute atomic E-state index is 12.4. The molecule has 2 saturated heterocycles. The second-order valence-corrected chi connectivity index (χ2v) is 5.98. The van der Waals surface area contributed by atoms with E-state index in [2.05, 4.69) is 17.2 Å². The van der Waals surface area contributed by atoms with E-state index >= 15 is 0 Å². The molecule has 2 aliphatic heterocycles. The summed E-state index contributed by atoms with van der Waals surface area (Å²) in [5.41, 5.74) is 2.80. The number of carbonyl (C=O) groups excluding carboxylic acids is 2. The molecule has 3 rings (SSSR count). The lowest BCUT2D eigenvalue weighted by molar-refractivity contribution is 0.113. The van der Waals surface area contributed by atoms with Crippen molar-refractivity contribution in [3.63, 3.8) is 0 Å². The van der Waals surface area contributed by atoms with Crippen molar-refractivity contribution in [1.82, 2.24) is 10.6 Å². The van der Waals surface area contributed by atoms with Gasteiger partial charge in [-0.05, 0) is 24.3 Å². The van der Waals surface area contributed by atoms with Crippen molar-refractivity contribution in [1.29, 1.82) is 0 Å². The van der Waals surface area contributed by atoms with Crippen molar-refractivity contribution in [2.45, 2.75) is 12.3 Å². The van der Waals surface area contributed by atoms with Gasteiger partial charge in [-0.3, -0.25) is 15.1 Å². The Balaban J connectivity index is 1.80. The van der Waals surface area contributed by atoms with E-state index in [1.807, 2.05) is 0 Å². The minimum absolute atomic E-state index is 0.288. The molecule has 138 valence electrons. The fourth-order valence-corrected chi connectivity index (χ4v) is 3.07. The van der Waals surface area contributed by atoms with Crippen molar-refractivity contribution < 1.29 is 19.1 Å². The second kappa shape index (κ2) is 8.15. The molecule has 2 atom stereocenters. The van der Waals surface area contributed by atoms with E-state index in [-0.39, 0.29) is 12.1 Å². The molecule has 2 aliphatic rings. The first-order valence-corrected chi connectivity index (χ1v) is 8.68. The third kappa shape index (κ3) is 3.63. The van der Waals surface area contributed by atoms with E-state index in [4.69, 9.17) is 21.7 Å². The Morgan fingerprint density at radius 3 is 2.58 bits per heavy atom. The Morgan fingerprint density at radius 2 is 1.96 bits per heavy atom. The van der Waals surface area contributed by atoms with Crippen LogP contribution in [0.4, 0.5) is 21.0 Å². The Bertz CT molecular complexity index is 697. The molecule has 0 spiro atoms. The van der Waals surface area contributed by atoms with Gasteiger partial charge >= 0.3 is 12.2 Å². The molecule has 2 N–H and O–H groups in total. The highest BCUT2D eigenvalue weighted by molar-refractivity contribution is 7.78. The van der Waals surface area contributed by atoms with Crippen LogP contribution in [0.15, 0.2) is 36.9 Å². The number of rotatable bonds is 8. The normalized spacial score (nSPS) is 22.2. The third-order valence-electron chi connectivity index (χ3n) is 4.18. The SMILES string of the molecule is C=CCN[C@H]1OC(=O)N(c2ccc(N3CCOC3=O)cc2)C1CNC=S. The number of nitrogens with one attached hydrogen (secondary N) is 2. The first kappa shape index (κ1) is 18.2. The summed E-state index contributed by atoms with van der Waals surface area (Å²) < 4.78 is 10.4. The van der Waals surface area contributed by atoms with E-state index < -0.39 is 12.3 Å². The van der Waals surface area contributed by atoms with Gasteiger partial charge in [-0.1, -0.05) is 18.3 Å². The van der Waals surface area contributed by atoms with Gasteiger partial charge in [-0.25, -0.2) is 9.59 Å². The molecular weight excluding hydrogens is 356 g/mol. The quantitative estimate of drug-likeness (QED) is 0.527. The van der Waals surface area contributed by atoms with Crippen LogP contribution in [0.25, 0.3) is 0 Å². The number of carbonyl (C=O) groups is 2. The van der Waals surface area contributed by atoms with E-state index in [1.165, 1.54) is 5.49 Å². The first-order valence-electron chi connectivity index (χ1n) is 8.21. The van der Waals surface area contributed by atoms with Crippen LogP contribution in [0.3, 0.4) is 0 Å². The fraction of sp³-hybridized carbons (Fsp3) is 0.353. The predicted octanol–water partition coefficient (Wildman–Crippen LogP) is 1.62. The molecule has 2 fully saturated rings. The van der Waals surface area contributed by atoms with Crippen LogP contribution in [0.1, 0.15) is 0 Å². The fourth-order valence-electron chi connectivity index (χ4n) is 2.98. The summed E-state index contributed by atoms with van der Waals surface area (Å²) in [5, 5.41) is 6.08. The number of hydrogen-bond acceptors (Lipinski definition) is 6. The highest BCUT2D eigenvalue weighted by Crippen LogP contribution is 2.29. The van der Waals surface area contributed by atoms with Crippen LogP contribution < -0.4 is 20.4 Å². The third-order valence-corrected chi connectivity index (χ3v) is 4.35. The molecular formula is C17H20N4O4S. The second-order valence-electron chi connectivity index (χ2n) is 5.75. The van der Waals surface area contributed by atoms with Crippen molar-refractivity contribution in [3.8, 4) is 0 Å². The van der Waals surface area contributed by atoms with Crippen molar-refractivity contribution in [3.05, 3.63) is 36.9 Å². The molecule has 2 heterocycles. The Hall–Kier alpha value is -2.65. The number of ether oxygens (including phenoxy) is 2. The van der Waals surface area contributed by atoms with Gasteiger partial charge in [-0.15, -0.1) is 6.58 Å². The van der Waals surface area contributed by atoms with E-state index in [0.29, 0.717) is 31.9 Å². The number of cyclic esters (lactones) is 2. The van der Waals surface area contributed by atoms with Gasteiger partial charge < -0.3 is 14.8 Å². The summed E-state index contributed by atoms with van der Waals surface area (Å²) in [6.45, 7) is 5.49. The zero-order valence-electron chi connectivity index (χ0n) is 14.1. The smallest absolute Gasteiger partial charge is 0.416 e. The van der Waals surface area contributed by atoms with Crippen LogP contribution in [0, 0.1) is 0 Å². The molecule has 9 heteroatoms. The van der Waals surface area contributed by atoms with Gasteiger partial charge in [0.15, 0.2) is 6.23 Å². The van der Waals surface area contributed by atoms with Gasteiger partial charge in [0.1, 0.15) is 12.6 Å². The molecule has 1 aromatic carbocycles. The number of hydrogen-bond donors (Lipinski definition) is 2. The Morgan fingerprint density at radius 1 is 1.23 bits per heavy atom.